The molecule has 1 N–H and O–H groups in total. The van der Waals surface area contributed by atoms with Crippen LogP contribution in [0.2, 0.25) is 0 Å². The van der Waals surface area contributed by atoms with Crippen LogP contribution in [-0.2, 0) is 17.4 Å². The summed E-state index contributed by atoms with van der Waals surface area (Å²) in [5, 5.41) is 13.6. The van der Waals surface area contributed by atoms with Gasteiger partial charge in [0.15, 0.2) is 5.65 Å². The SMILES string of the molecule is O=C(NCCc1ccc(F)cc1)[C@H]1CCCN(c2ccc3nnc(C(F)(F)F)n3n2)C1. The predicted octanol–water partition coefficient (Wildman–Crippen LogP) is 2.86. The number of carbonyl (C=O) groups excluding carboxylic acids is 1. The second-order valence-electron chi connectivity index (χ2n) is 7.44. The summed E-state index contributed by atoms with van der Waals surface area (Å²) >= 11 is 0. The molecule has 0 bridgehead atoms. The molecule has 31 heavy (non-hydrogen) atoms. The normalized spacial score (nSPS) is 17.2. The molecule has 0 radical (unpaired) electrons. The Bertz CT molecular complexity index is 1070. The first-order valence-corrected chi connectivity index (χ1v) is 9.88. The number of hydrogen-bond acceptors (Lipinski definition) is 5. The number of amides is 1. The van der Waals surface area contributed by atoms with Crippen molar-refractivity contribution in [1.29, 1.82) is 0 Å². The van der Waals surface area contributed by atoms with Crippen LogP contribution in [-0.4, -0.2) is 45.4 Å². The van der Waals surface area contributed by atoms with E-state index in [1.54, 1.807) is 23.1 Å². The van der Waals surface area contributed by atoms with Crippen molar-refractivity contribution >= 4 is 17.4 Å². The van der Waals surface area contributed by atoms with Gasteiger partial charge in [-0.2, -0.15) is 17.7 Å². The molecule has 164 valence electrons. The molecule has 3 aromatic rings. The lowest BCUT2D eigenvalue weighted by molar-refractivity contribution is -0.146. The second kappa shape index (κ2) is 8.48. The Morgan fingerprint density at radius 1 is 1.13 bits per heavy atom. The van der Waals surface area contributed by atoms with E-state index < -0.39 is 12.0 Å². The summed E-state index contributed by atoms with van der Waals surface area (Å²) in [5.41, 5.74) is 0.919. The highest BCUT2D eigenvalue weighted by Gasteiger charge is 2.38. The molecule has 1 atom stereocenters. The van der Waals surface area contributed by atoms with E-state index in [0.29, 0.717) is 49.2 Å². The molecule has 4 rings (SSSR count). The molecule has 1 aliphatic rings. The van der Waals surface area contributed by atoms with Crippen LogP contribution >= 0.6 is 0 Å². The van der Waals surface area contributed by atoms with E-state index in [-0.39, 0.29) is 23.3 Å². The lowest BCUT2D eigenvalue weighted by Crippen LogP contribution is -2.44. The number of halogens is 4. The molecule has 0 saturated carbocycles. The summed E-state index contributed by atoms with van der Waals surface area (Å²) in [5.74, 6) is -1.58. The molecule has 1 fully saturated rings. The average Bonchev–Trinajstić information content (AvgIpc) is 3.19. The minimum Gasteiger partial charge on any atom is -0.355 e. The molecule has 0 unspecified atom stereocenters. The molecule has 1 aliphatic heterocycles. The minimum absolute atomic E-state index is 0.00294. The topological polar surface area (TPSA) is 75.4 Å². The molecule has 11 heteroatoms. The number of carbonyl (C=O) groups is 1. The maximum absolute atomic E-state index is 13.1. The van der Waals surface area contributed by atoms with E-state index in [2.05, 4.69) is 20.6 Å². The molecule has 1 aromatic carbocycles. The lowest BCUT2D eigenvalue weighted by Gasteiger charge is -2.32. The Kier molecular flexibility index (Phi) is 5.75. The average molecular weight is 436 g/mol. The van der Waals surface area contributed by atoms with E-state index in [0.717, 1.165) is 5.56 Å². The lowest BCUT2D eigenvalue weighted by atomic mass is 9.97. The fraction of sp³-hybridized carbons (Fsp3) is 0.400. The molecule has 1 saturated heterocycles. The van der Waals surface area contributed by atoms with Crippen molar-refractivity contribution in [2.75, 3.05) is 24.5 Å². The first-order valence-electron chi connectivity index (χ1n) is 9.88. The van der Waals surface area contributed by atoms with Crippen molar-refractivity contribution in [3.63, 3.8) is 0 Å². The maximum Gasteiger partial charge on any atom is 0.453 e. The van der Waals surface area contributed by atoms with Gasteiger partial charge in [-0.1, -0.05) is 12.1 Å². The monoisotopic (exact) mass is 436 g/mol. The van der Waals surface area contributed by atoms with Crippen molar-refractivity contribution in [3.8, 4) is 0 Å². The van der Waals surface area contributed by atoms with Crippen LogP contribution in [0.25, 0.3) is 5.65 Å². The Balaban J connectivity index is 1.39. The zero-order valence-corrected chi connectivity index (χ0v) is 16.4. The van der Waals surface area contributed by atoms with E-state index in [9.17, 15) is 22.4 Å². The predicted molar refractivity (Wildman–Crippen MR) is 104 cm³/mol. The van der Waals surface area contributed by atoms with E-state index in [1.807, 2.05) is 0 Å². The summed E-state index contributed by atoms with van der Waals surface area (Å²) in [6.07, 6.45) is -2.69. The van der Waals surface area contributed by atoms with Crippen LogP contribution in [0, 0.1) is 11.7 Å². The van der Waals surface area contributed by atoms with Gasteiger partial charge in [-0.05, 0) is 49.1 Å². The van der Waals surface area contributed by atoms with Crippen molar-refractivity contribution in [2.24, 2.45) is 5.92 Å². The third-order valence-corrected chi connectivity index (χ3v) is 5.24. The molecule has 0 spiro atoms. The summed E-state index contributed by atoms with van der Waals surface area (Å²) in [7, 11) is 0. The van der Waals surface area contributed by atoms with Crippen molar-refractivity contribution < 1.29 is 22.4 Å². The zero-order chi connectivity index (χ0) is 22.0. The number of piperidine rings is 1. The van der Waals surface area contributed by atoms with Crippen LogP contribution in [0.3, 0.4) is 0 Å². The Labute approximate surface area is 175 Å². The van der Waals surface area contributed by atoms with Crippen molar-refractivity contribution in [3.05, 3.63) is 53.6 Å². The summed E-state index contributed by atoms with van der Waals surface area (Å²) in [4.78, 5) is 14.4. The highest BCUT2D eigenvalue weighted by atomic mass is 19.4. The van der Waals surface area contributed by atoms with Gasteiger partial charge in [0.2, 0.25) is 5.91 Å². The first kappa shape index (κ1) is 21.0. The van der Waals surface area contributed by atoms with E-state index in [1.165, 1.54) is 18.2 Å². The maximum atomic E-state index is 13.1. The molecule has 7 nitrogen and oxygen atoms in total. The molecule has 0 aliphatic carbocycles. The minimum atomic E-state index is -4.67. The van der Waals surface area contributed by atoms with Gasteiger partial charge in [0, 0.05) is 19.6 Å². The second-order valence-corrected chi connectivity index (χ2v) is 7.44. The number of rotatable bonds is 5. The van der Waals surface area contributed by atoms with Gasteiger partial charge in [0.1, 0.15) is 11.6 Å². The first-order chi connectivity index (χ1) is 14.8. The van der Waals surface area contributed by atoms with Crippen molar-refractivity contribution in [2.45, 2.75) is 25.4 Å². The summed E-state index contributed by atoms with van der Waals surface area (Å²) in [6.45, 7) is 1.35. The van der Waals surface area contributed by atoms with Gasteiger partial charge >= 0.3 is 6.18 Å². The number of anilines is 1. The summed E-state index contributed by atoms with van der Waals surface area (Å²) in [6, 6.07) is 9.10. The van der Waals surface area contributed by atoms with Crippen LogP contribution < -0.4 is 10.2 Å². The Hall–Kier alpha value is -3.24. The number of fused-ring (bicyclic) bond motifs is 1. The molecule has 2 aromatic heterocycles. The van der Waals surface area contributed by atoms with Crippen molar-refractivity contribution in [1.82, 2.24) is 25.1 Å². The highest BCUT2D eigenvalue weighted by molar-refractivity contribution is 5.79. The van der Waals surface area contributed by atoms with Gasteiger partial charge in [-0.25, -0.2) is 4.39 Å². The standard InChI is InChI=1S/C20H20F4N6O/c21-15-5-3-13(4-6-15)9-10-25-18(31)14-2-1-11-29(12-14)17-8-7-16-26-27-19(20(22,23)24)30(16)28-17/h3-8,14H,1-2,9-12H2,(H,25,31)/t14-/m0/s1. The number of nitrogens with one attached hydrogen (secondary N) is 1. The van der Waals surface area contributed by atoms with E-state index >= 15 is 0 Å². The van der Waals surface area contributed by atoms with Gasteiger partial charge in [0.25, 0.3) is 5.82 Å². The molecule has 3 heterocycles. The Morgan fingerprint density at radius 2 is 1.90 bits per heavy atom. The largest absolute Gasteiger partial charge is 0.453 e. The van der Waals surface area contributed by atoms with Crippen LogP contribution in [0.15, 0.2) is 36.4 Å². The highest BCUT2D eigenvalue weighted by Crippen LogP contribution is 2.28. The molecular formula is C20H20F4N6O. The summed E-state index contributed by atoms with van der Waals surface area (Å²) < 4.78 is 53.0. The van der Waals surface area contributed by atoms with Gasteiger partial charge in [-0.3, -0.25) is 4.79 Å². The molecular weight excluding hydrogens is 416 g/mol. The van der Waals surface area contributed by atoms with Gasteiger partial charge in [0.05, 0.1) is 5.92 Å². The number of nitrogens with zero attached hydrogens (tertiary/aromatic N) is 5. The third-order valence-electron chi connectivity index (χ3n) is 5.24. The third kappa shape index (κ3) is 4.75. The van der Waals surface area contributed by atoms with Gasteiger partial charge < -0.3 is 10.2 Å². The van der Waals surface area contributed by atoms with Gasteiger partial charge in [-0.15, -0.1) is 15.3 Å². The Morgan fingerprint density at radius 3 is 2.65 bits per heavy atom. The number of benzene rings is 1. The van der Waals surface area contributed by atoms with Crippen LogP contribution in [0.5, 0.6) is 0 Å². The number of aromatic nitrogens is 4. The quantitative estimate of drug-likeness (QED) is 0.623. The zero-order valence-electron chi connectivity index (χ0n) is 16.4. The smallest absolute Gasteiger partial charge is 0.355 e. The number of alkyl halides is 3. The van der Waals surface area contributed by atoms with Crippen LogP contribution in [0.1, 0.15) is 24.2 Å². The molecule has 1 amide bonds. The fourth-order valence-corrected chi connectivity index (χ4v) is 3.65. The fourth-order valence-electron chi connectivity index (χ4n) is 3.65. The van der Waals surface area contributed by atoms with E-state index in [4.69, 9.17) is 0 Å². The number of hydrogen-bond donors (Lipinski definition) is 1. The van der Waals surface area contributed by atoms with Crippen LogP contribution in [0.4, 0.5) is 23.4 Å².